The summed E-state index contributed by atoms with van der Waals surface area (Å²) in [6.45, 7) is 2.88. The number of piperidine rings is 1. The summed E-state index contributed by atoms with van der Waals surface area (Å²) in [5, 5.41) is 5.76. The van der Waals surface area contributed by atoms with Crippen LogP contribution in [0, 0.1) is 5.92 Å². The van der Waals surface area contributed by atoms with Gasteiger partial charge in [0.05, 0.1) is 0 Å². The second-order valence-electron chi connectivity index (χ2n) is 6.18. The molecule has 0 radical (unpaired) electrons. The maximum Gasteiger partial charge on any atom is 0.254 e. The molecule has 22 heavy (non-hydrogen) atoms. The van der Waals surface area contributed by atoms with E-state index in [2.05, 4.69) is 22.3 Å². The summed E-state index contributed by atoms with van der Waals surface area (Å²) in [5.74, 6) is 0.829. The van der Waals surface area contributed by atoms with Crippen molar-refractivity contribution in [3.8, 4) is 0 Å². The number of benzene rings is 2. The lowest BCUT2D eigenvalue weighted by Gasteiger charge is -2.35. The van der Waals surface area contributed by atoms with Crippen molar-refractivity contribution in [2.24, 2.45) is 5.92 Å². The van der Waals surface area contributed by atoms with Gasteiger partial charge in [0.25, 0.3) is 5.91 Å². The predicted octanol–water partition coefficient (Wildman–Crippen LogP) is 3.09. The first-order valence-electron chi connectivity index (χ1n) is 7.83. The SMILES string of the molecule is Cl.O=C(c1cccc2ccccc12)N1CCC2NCCC2C1. The fourth-order valence-electron chi connectivity index (χ4n) is 3.81. The van der Waals surface area contributed by atoms with Gasteiger partial charge in [-0.1, -0.05) is 36.4 Å². The Morgan fingerprint density at radius 2 is 1.91 bits per heavy atom. The van der Waals surface area contributed by atoms with Crippen LogP contribution in [0.3, 0.4) is 0 Å². The lowest BCUT2D eigenvalue weighted by Crippen LogP contribution is -2.46. The molecule has 1 N–H and O–H groups in total. The summed E-state index contributed by atoms with van der Waals surface area (Å²) in [6.07, 6.45) is 2.28. The van der Waals surface area contributed by atoms with Gasteiger partial charge >= 0.3 is 0 Å². The minimum absolute atomic E-state index is 0. The van der Waals surface area contributed by atoms with Crippen molar-refractivity contribution in [3.63, 3.8) is 0 Å². The van der Waals surface area contributed by atoms with Gasteiger partial charge in [0, 0.05) is 24.7 Å². The number of carbonyl (C=O) groups is 1. The molecule has 2 fully saturated rings. The van der Waals surface area contributed by atoms with E-state index in [4.69, 9.17) is 0 Å². The molecule has 2 heterocycles. The molecular formula is C18H21ClN2O. The molecule has 2 unspecified atom stereocenters. The third kappa shape index (κ3) is 2.59. The number of hydrogen-bond donors (Lipinski definition) is 1. The smallest absolute Gasteiger partial charge is 0.254 e. The van der Waals surface area contributed by atoms with Gasteiger partial charge in [-0.05, 0) is 42.1 Å². The number of nitrogens with zero attached hydrogens (tertiary/aromatic N) is 1. The molecule has 2 aliphatic heterocycles. The van der Waals surface area contributed by atoms with Crippen LogP contribution >= 0.6 is 12.4 Å². The molecule has 4 rings (SSSR count). The van der Waals surface area contributed by atoms with Crippen LogP contribution in [0.5, 0.6) is 0 Å². The molecule has 2 aliphatic rings. The largest absolute Gasteiger partial charge is 0.338 e. The average Bonchev–Trinajstić information content (AvgIpc) is 3.01. The van der Waals surface area contributed by atoms with Crippen LogP contribution in [0.4, 0.5) is 0 Å². The van der Waals surface area contributed by atoms with Crippen LogP contribution in [-0.4, -0.2) is 36.5 Å². The Balaban J connectivity index is 0.00000144. The second-order valence-corrected chi connectivity index (χ2v) is 6.18. The molecular weight excluding hydrogens is 296 g/mol. The first kappa shape index (κ1) is 15.3. The van der Waals surface area contributed by atoms with Gasteiger partial charge in [-0.15, -0.1) is 12.4 Å². The zero-order chi connectivity index (χ0) is 14.2. The number of carbonyl (C=O) groups excluding carboxylic acids is 1. The van der Waals surface area contributed by atoms with E-state index in [-0.39, 0.29) is 18.3 Å². The van der Waals surface area contributed by atoms with Gasteiger partial charge in [0.2, 0.25) is 0 Å². The maximum absolute atomic E-state index is 12.9. The number of nitrogens with one attached hydrogen (secondary N) is 1. The first-order valence-corrected chi connectivity index (χ1v) is 7.83. The summed E-state index contributed by atoms with van der Waals surface area (Å²) in [7, 11) is 0. The number of fused-ring (bicyclic) bond motifs is 2. The van der Waals surface area contributed by atoms with E-state index in [9.17, 15) is 4.79 Å². The van der Waals surface area contributed by atoms with E-state index in [1.54, 1.807) is 0 Å². The molecule has 4 heteroatoms. The standard InChI is InChI=1S/C18H20N2O.ClH/c21-18(20-11-9-17-14(12-20)8-10-19-17)16-7-3-5-13-4-1-2-6-15(13)16;/h1-7,14,17,19H,8-12H2;1H. The fourth-order valence-corrected chi connectivity index (χ4v) is 3.81. The summed E-state index contributed by atoms with van der Waals surface area (Å²) in [4.78, 5) is 15.0. The van der Waals surface area contributed by atoms with Gasteiger partial charge < -0.3 is 10.2 Å². The van der Waals surface area contributed by atoms with E-state index in [0.29, 0.717) is 12.0 Å². The number of amides is 1. The van der Waals surface area contributed by atoms with Crippen LogP contribution in [0.15, 0.2) is 42.5 Å². The molecule has 2 saturated heterocycles. The Hall–Kier alpha value is -1.58. The Labute approximate surface area is 137 Å². The molecule has 0 bridgehead atoms. The molecule has 0 aromatic heterocycles. The molecule has 0 aliphatic carbocycles. The van der Waals surface area contributed by atoms with Crippen LogP contribution < -0.4 is 5.32 Å². The molecule has 2 aromatic carbocycles. The van der Waals surface area contributed by atoms with Gasteiger partial charge in [-0.25, -0.2) is 0 Å². The Morgan fingerprint density at radius 3 is 2.82 bits per heavy atom. The number of hydrogen-bond acceptors (Lipinski definition) is 2. The minimum atomic E-state index is 0. The zero-order valence-electron chi connectivity index (χ0n) is 12.5. The van der Waals surface area contributed by atoms with Gasteiger partial charge in [-0.2, -0.15) is 0 Å². The van der Waals surface area contributed by atoms with E-state index in [0.717, 1.165) is 42.4 Å². The number of likely N-dealkylation sites (tertiary alicyclic amines) is 1. The molecule has 0 saturated carbocycles. The Bertz CT molecular complexity index is 682. The van der Waals surface area contributed by atoms with Gasteiger partial charge in [0.15, 0.2) is 0 Å². The van der Waals surface area contributed by atoms with Crippen LogP contribution in [0.2, 0.25) is 0 Å². The summed E-state index contributed by atoms with van der Waals surface area (Å²) < 4.78 is 0. The summed E-state index contributed by atoms with van der Waals surface area (Å²) >= 11 is 0. The fraction of sp³-hybridized carbons (Fsp3) is 0.389. The normalized spacial score (nSPS) is 23.9. The highest BCUT2D eigenvalue weighted by atomic mass is 35.5. The highest BCUT2D eigenvalue weighted by Crippen LogP contribution is 2.27. The summed E-state index contributed by atoms with van der Waals surface area (Å²) in [5.41, 5.74) is 0.845. The van der Waals surface area contributed by atoms with Crippen LogP contribution in [-0.2, 0) is 0 Å². The molecule has 1 amide bonds. The van der Waals surface area contributed by atoms with Gasteiger partial charge in [0.1, 0.15) is 0 Å². The molecule has 116 valence electrons. The van der Waals surface area contributed by atoms with Crippen molar-refractivity contribution in [3.05, 3.63) is 48.0 Å². The Morgan fingerprint density at radius 1 is 1.09 bits per heavy atom. The number of halogens is 1. The van der Waals surface area contributed by atoms with Crippen molar-refractivity contribution in [2.75, 3.05) is 19.6 Å². The van der Waals surface area contributed by atoms with E-state index in [1.165, 1.54) is 6.42 Å². The van der Waals surface area contributed by atoms with Crippen LogP contribution in [0.1, 0.15) is 23.2 Å². The maximum atomic E-state index is 12.9. The zero-order valence-corrected chi connectivity index (χ0v) is 13.3. The lowest BCUT2D eigenvalue weighted by atomic mass is 9.92. The molecule has 2 atom stereocenters. The third-order valence-electron chi connectivity index (χ3n) is 4.96. The van der Waals surface area contributed by atoms with Crippen LogP contribution in [0.25, 0.3) is 10.8 Å². The highest BCUT2D eigenvalue weighted by molar-refractivity contribution is 6.07. The van der Waals surface area contributed by atoms with E-state index in [1.807, 2.05) is 30.3 Å². The quantitative estimate of drug-likeness (QED) is 0.877. The van der Waals surface area contributed by atoms with Crippen molar-refractivity contribution >= 4 is 29.1 Å². The Kier molecular flexibility index (Phi) is 4.37. The van der Waals surface area contributed by atoms with Crippen molar-refractivity contribution < 1.29 is 4.79 Å². The lowest BCUT2D eigenvalue weighted by molar-refractivity contribution is 0.0664. The summed E-state index contributed by atoms with van der Waals surface area (Å²) in [6, 6.07) is 14.8. The topological polar surface area (TPSA) is 32.3 Å². The van der Waals surface area contributed by atoms with Crippen molar-refractivity contribution in [1.82, 2.24) is 10.2 Å². The van der Waals surface area contributed by atoms with E-state index < -0.39 is 0 Å². The first-order chi connectivity index (χ1) is 10.3. The highest BCUT2D eigenvalue weighted by Gasteiger charge is 2.34. The molecule has 3 nitrogen and oxygen atoms in total. The second kappa shape index (κ2) is 6.27. The van der Waals surface area contributed by atoms with Gasteiger partial charge in [-0.3, -0.25) is 4.79 Å². The minimum Gasteiger partial charge on any atom is -0.338 e. The number of rotatable bonds is 1. The van der Waals surface area contributed by atoms with E-state index >= 15 is 0 Å². The average molecular weight is 317 g/mol. The molecule has 2 aromatic rings. The third-order valence-corrected chi connectivity index (χ3v) is 4.96. The molecule has 0 spiro atoms. The monoisotopic (exact) mass is 316 g/mol. The van der Waals surface area contributed by atoms with Crippen molar-refractivity contribution in [2.45, 2.75) is 18.9 Å². The van der Waals surface area contributed by atoms with Crippen molar-refractivity contribution in [1.29, 1.82) is 0 Å². The predicted molar refractivity (Wildman–Crippen MR) is 91.6 cm³/mol.